The van der Waals surface area contributed by atoms with Crippen LogP contribution in [0.4, 0.5) is 22.7 Å². The monoisotopic (exact) mass is 505 g/mol. The standard InChI is InChI=1S/C33H32ClN3/c1-36(2)27-18-14-24(15-19-27)33(34,25-16-20-28(21-17-25)37(3)4)31-22-23-32(30-13-9-8-12-29(30)31)35-26-10-6-5-7-11-26/h5-23,35H,1-4H3. The van der Waals surface area contributed by atoms with Crippen LogP contribution in [0.2, 0.25) is 0 Å². The highest BCUT2D eigenvalue weighted by Gasteiger charge is 2.36. The van der Waals surface area contributed by atoms with Gasteiger partial charge in [0, 0.05) is 56.3 Å². The molecule has 0 saturated heterocycles. The number of halogens is 1. The zero-order valence-corrected chi connectivity index (χ0v) is 22.5. The largest absolute Gasteiger partial charge is 0.378 e. The van der Waals surface area contributed by atoms with Crippen LogP contribution < -0.4 is 15.1 Å². The van der Waals surface area contributed by atoms with E-state index in [9.17, 15) is 0 Å². The second-order valence-electron chi connectivity index (χ2n) is 9.74. The second-order valence-corrected chi connectivity index (χ2v) is 10.3. The number of fused-ring (bicyclic) bond motifs is 1. The van der Waals surface area contributed by atoms with Crippen molar-refractivity contribution in [1.29, 1.82) is 0 Å². The molecule has 186 valence electrons. The summed E-state index contributed by atoms with van der Waals surface area (Å²) < 4.78 is 0. The van der Waals surface area contributed by atoms with Crippen LogP contribution in [0.5, 0.6) is 0 Å². The Labute approximate surface area is 224 Å². The molecule has 0 bridgehead atoms. The van der Waals surface area contributed by atoms with Crippen LogP contribution >= 0.6 is 11.6 Å². The summed E-state index contributed by atoms with van der Waals surface area (Å²) in [5.74, 6) is 0. The number of anilines is 4. The van der Waals surface area contributed by atoms with E-state index in [1.54, 1.807) is 0 Å². The summed E-state index contributed by atoms with van der Waals surface area (Å²) in [7, 11) is 8.20. The molecule has 0 aliphatic heterocycles. The number of hydrogen-bond donors (Lipinski definition) is 1. The van der Waals surface area contributed by atoms with Gasteiger partial charge in [-0.15, -0.1) is 11.6 Å². The van der Waals surface area contributed by atoms with E-state index in [0.29, 0.717) is 0 Å². The van der Waals surface area contributed by atoms with Crippen molar-refractivity contribution >= 4 is 45.1 Å². The fourth-order valence-electron chi connectivity index (χ4n) is 4.84. The first-order valence-electron chi connectivity index (χ1n) is 12.5. The van der Waals surface area contributed by atoms with E-state index in [1.165, 1.54) is 0 Å². The molecule has 37 heavy (non-hydrogen) atoms. The molecule has 5 rings (SSSR count). The first-order chi connectivity index (χ1) is 17.9. The molecule has 3 nitrogen and oxygen atoms in total. The van der Waals surface area contributed by atoms with Gasteiger partial charge in [-0.3, -0.25) is 0 Å². The maximum Gasteiger partial charge on any atom is 0.120 e. The van der Waals surface area contributed by atoms with Crippen molar-refractivity contribution in [3.8, 4) is 0 Å². The smallest absolute Gasteiger partial charge is 0.120 e. The van der Waals surface area contributed by atoms with Gasteiger partial charge in [-0.25, -0.2) is 0 Å². The minimum atomic E-state index is -0.874. The van der Waals surface area contributed by atoms with E-state index < -0.39 is 4.87 Å². The van der Waals surface area contributed by atoms with Crippen molar-refractivity contribution in [2.45, 2.75) is 4.87 Å². The lowest BCUT2D eigenvalue weighted by Crippen LogP contribution is -2.23. The summed E-state index contributed by atoms with van der Waals surface area (Å²) >= 11 is 7.82. The Bertz CT molecular complexity index is 1440. The van der Waals surface area contributed by atoms with E-state index in [-0.39, 0.29) is 0 Å². The Morgan fingerprint density at radius 2 is 1.03 bits per heavy atom. The van der Waals surface area contributed by atoms with Crippen LogP contribution in [0.3, 0.4) is 0 Å². The molecule has 4 heteroatoms. The first kappa shape index (κ1) is 24.7. The Hall–Kier alpha value is -3.95. The third kappa shape index (κ3) is 4.75. The molecule has 0 aromatic heterocycles. The summed E-state index contributed by atoms with van der Waals surface area (Å²) in [6, 6.07) is 40.2. The van der Waals surface area contributed by atoms with E-state index in [0.717, 1.165) is 50.2 Å². The van der Waals surface area contributed by atoms with E-state index >= 15 is 0 Å². The highest BCUT2D eigenvalue weighted by atomic mass is 35.5. The number of para-hydroxylation sites is 1. The third-order valence-electron chi connectivity index (χ3n) is 6.91. The Morgan fingerprint density at radius 3 is 1.54 bits per heavy atom. The van der Waals surface area contributed by atoms with Gasteiger partial charge in [0.25, 0.3) is 0 Å². The number of nitrogens with zero attached hydrogens (tertiary/aromatic N) is 2. The van der Waals surface area contributed by atoms with Crippen molar-refractivity contribution in [3.63, 3.8) is 0 Å². The SMILES string of the molecule is CN(C)c1ccc(C(Cl)(c2ccc(N(C)C)cc2)c2ccc(Nc3ccccc3)c3ccccc23)cc1. The normalized spacial score (nSPS) is 11.4. The van der Waals surface area contributed by atoms with Crippen LogP contribution in [0, 0.1) is 0 Å². The lowest BCUT2D eigenvalue weighted by molar-refractivity contribution is 0.888. The number of alkyl halides is 1. The van der Waals surface area contributed by atoms with Crippen molar-refractivity contribution < 1.29 is 0 Å². The highest BCUT2D eigenvalue weighted by molar-refractivity contribution is 6.29. The molecule has 0 aliphatic rings. The average Bonchev–Trinajstić information content (AvgIpc) is 2.93. The molecule has 0 radical (unpaired) electrons. The highest BCUT2D eigenvalue weighted by Crippen LogP contribution is 2.47. The Morgan fingerprint density at radius 1 is 0.541 bits per heavy atom. The van der Waals surface area contributed by atoms with Crippen molar-refractivity contribution in [3.05, 3.63) is 132 Å². The summed E-state index contributed by atoms with van der Waals surface area (Å²) in [4.78, 5) is 3.33. The lowest BCUT2D eigenvalue weighted by atomic mass is 9.81. The maximum atomic E-state index is 7.82. The van der Waals surface area contributed by atoms with Crippen molar-refractivity contribution in [2.75, 3.05) is 43.3 Å². The summed E-state index contributed by atoms with van der Waals surface area (Å²) in [5.41, 5.74) is 7.50. The molecule has 1 N–H and O–H groups in total. The molecule has 0 heterocycles. The molecule has 0 saturated carbocycles. The van der Waals surface area contributed by atoms with Gasteiger partial charge in [-0.05, 0) is 64.5 Å². The molecular formula is C33H32ClN3. The Kier molecular flexibility index (Phi) is 6.82. The van der Waals surface area contributed by atoms with Gasteiger partial charge in [-0.1, -0.05) is 72.8 Å². The molecule has 0 amide bonds. The van der Waals surface area contributed by atoms with Crippen molar-refractivity contribution in [1.82, 2.24) is 0 Å². The second kappa shape index (κ2) is 10.2. The zero-order valence-electron chi connectivity index (χ0n) is 21.7. The van der Waals surface area contributed by atoms with E-state index in [4.69, 9.17) is 11.6 Å². The minimum Gasteiger partial charge on any atom is -0.378 e. The number of nitrogens with one attached hydrogen (secondary N) is 1. The van der Waals surface area contributed by atoms with Gasteiger partial charge in [0.15, 0.2) is 0 Å². The average molecular weight is 506 g/mol. The molecule has 0 atom stereocenters. The maximum absolute atomic E-state index is 7.82. The molecule has 5 aromatic rings. The summed E-state index contributed by atoms with van der Waals surface area (Å²) in [5, 5.41) is 5.84. The predicted molar refractivity (Wildman–Crippen MR) is 161 cm³/mol. The van der Waals surface area contributed by atoms with Gasteiger partial charge < -0.3 is 15.1 Å². The van der Waals surface area contributed by atoms with Crippen LogP contribution in [0.15, 0.2) is 115 Å². The first-order valence-corrected chi connectivity index (χ1v) is 12.8. The van der Waals surface area contributed by atoms with Gasteiger partial charge in [0.2, 0.25) is 0 Å². The minimum absolute atomic E-state index is 0.874. The molecule has 0 aliphatic carbocycles. The van der Waals surface area contributed by atoms with Crippen LogP contribution in [0.1, 0.15) is 16.7 Å². The number of benzene rings is 5. The number of hydrogen-bond acceptors (Lipinski definition) is 3. The van der Waals surface area contributed by atoms with E-state index in [2.05, 4.69) is 140 Å². The molecular weight excluding hydrogens is 474 g/mol. The molecule has 0 fully saturated rings. The van der Waals surface area contributed by atoms with Crippen LogP contribution in [-0.2, 0) is 4.87 Å². The van der Waals surface area contributed by atoms with Crippen LogP contribution in [0.25, 0.3) is 10.8 Å². The predicted octanol–water partition coefficient (Wildman–Crippen LogP) is 8.25. The topological polar surface area (TPSA) is 18.5 Å². The Balaban J connectivity index is 1.71. The number of rotatable bonds is 7. The van der Waals surface area contributed by atoms with Gasteiger partial charge in [-0.2, -0.15) is 0 Å². The lowest BCUT2D eigenvalue weighted by Gasteiger charge is -2.32. The quantitative estimate of drug-likeness (QED) is 0.177. The summed E-state index contributed by atoms with van der Waals surface area (Å²) in [6.07, 6.45) is 0. The third-order valence-corrected chi connectivity index (χ3v) is 7.55. The van der Waals surface area contributed by atoms with Crippen LogP contribution in [-0.4, -0.2) is 28.2 Å². The van der Waals surface area contributed by atoms with Gasteiger partial charge in [0.05, 0.1) is 0 Å². The van der Waals surface area contributed by atoms with Crippen molar-refractivity contribution in [2.24, 2.45) is 0 Å². The fraction of sp³-hybridized carbons (Fsp3) is 0.152. The van der Waals surface area contributed by atoms with E-state index in [1.807, 2.05) is 18.2 Å². The van der Waals surface area contributed by atoms with Gasteiger partial charge in [0.1, 0.15) is 4.87 Å². The molecule has 0 spiro atoms. The van der Waals surface area contributed by atoms with Gasteiger partial charge >= 0.3 is 0 Å². The summed E-state index contributed by atoms with van der Waals surface area (Å²) in [6.45, 7) is 0. The zero-order chi connectivity index (χ0) is 26.0. The molecule has 5 aromatic carbocycles. The fourth-order valence-corrected chi connectivity index (χ4v) is 5.26. The molecule has 0 unspecified atom stereocenters.